The molecule has 0 aliphatic carbocycles. The minimum Gasteiger partial charge on any atom is -0.465 e. The van der Waals surface area contributed by atoms with Crippen LogP contribution in [0.25, 0.3) is 0 Å². The number of hydrogen-bond donors (Lipinski definition) is 1. The zero-order valence-electron chi connectivity index (χ0n) is 9.09. The van der Waals surface area contributed by atoms with Gasteiger partial charge >= 0.3 is 0 Å². The standard InChI is InChI=1S/C13H14O3/c1-10(2)8-9-16-13(15)12(14)11-6-4-3-5-7-11/h3-9,13,15H,1H2,2H3/b9-8+. The summed E-state index contributed by atoms with van der Waals surface area (Å²) in [6.45, 7) is 5.40. The molecule has 0 saturated heterocycles. The van der Waals surface area contributed by atoms with Gasteiger partial charge in [-0.1, -0.05) is 42.5 Å². The van der Waals surface area contributed by atoms with E-state index in [-0.39, 0.29) is 0 Å². The van der Waals surface area contributed by atoms with Gasteiger partial charge in [0.25, 0.3) is 6.29 Å². The van der Waals surface area contributed by atoms with E-state index in [1.165, 1.54) is 6.26 Å². The Morgan fingerprint density at radius 2 is 2.06 bits per heavy atom. The predicted octanol–water partition coefficient (Wildman–Crippen LogP) is 2.29. The molecule has 0 saturated carbocycles. The lowest BCUT2D eigenvalue weighted by Gasteiger charge is -2.08. The van der Waals surface area contributed by atoms with E-state index in [1.54, 1.807) is 43.3 Å². The first-order valence-corrected chi connectivity index (χ1v) is 4.86. The molecule has 16 heavy (non-hydrogen) atoms. The van der Waals surface area contributed by atoms with Crippen molar-refractivity contribution >= 4 is 5.78 Å². The Hall–Kier alpha value is -1.87. The number of carbonyl (C=O) groups is 1. The molecule has 0 radical (unpaired) electrons. The summed E-state index contributed by atoms with van der Waals surface area (Å²) in [5.41, 5.74) is 1.19. The van der Waals surface area contributed by atoms with Crippen molar-refractivity contribution in [3.63, 3.8) is 0 Å². The second kappa shape index (κ2) is 5.88. The summed E-state index contributed by atoms with van der Waals surface area (Å²) in [6, 6.07) is 8.49. The third kappa shape index (κ3) is 3.71. The van der Waals surface area contributed by atoms with Gasteiger partial charge in [-0.25, -0.2) is 0 Å². The van der Waals surface area contributed by atoms with E-state index < -0.39 is 12.1 Å². The number of allylic oxidation sites excluding steroid dienone is 2. The number of ether oxygens (including phenoxy) is 1. The van der Waals surface area contributed by atoms with Crippen molar-refractivity contribution in [2.45, 2.75) is 13.2 Å². The second-order valence-electron chi connectivity index (χ2n) is 3.37. The lowest BCUT2D eigenvalue weighted by molar-refractivity contribution is -0.0289. The van der Waals surface area contributed by atoms with Gasteiger partial charge in [-0.3, -0.25) is 4.79 Å². The summed E-state index contributed by atoms with van der Waals surface area (Å²) in [4.78, 5) is 11.6. The number of hydrogen-bond acceptors (Lipinski definition) is 3. The number of aliphatic hydroxyl groups excluding tert-OH is 1. The lowest BCUT2D eigenvalue weighted by Crippen LogP contribution is -2.21. The zero-order chi connectivity index (χ0) is 12.0. The first-order chi connectivity index (χ1) is 7.61. The van der Waals surface area contributed by atoms with Crippen molar-refractivity contribution in [2.75, 3.05) is 0 Å². The first-order valence-electron chi connectivity index (χ1n) is 4.86. The van der Waals surface area contributed by atoms with Crippen LogP contribution < -0.4 is 0 Å². The highest BCUT2D eigenvalue weighted by atomic mass is 16.6. The average Bonchev–Trinajstić information content (AvgIpc) is 2.28. The Labute approximate surface area is 94.7 Å². The van der Waals surface area contributed by atoms with E-state index in [4.69, 9.17) is 4.74 Å². The van der Waals surface area contributed by atoms with E-state index in [9.17, 15) is 9.90 Å². The molecule has 3 heteroatoms. The van der Waals surface area contributed by atoms with Crippen LogP contribution in [0.2, 0.25) is 0 Å². The van der Waals surface area contributed by atoms with Crippen molar-refractivity contribution in [2.24, 2.45) is 0 Å². The van der Waals surface area contributed by atoms with Gasteiger partial charge in [-0.15, -0.1) is 0 Å². The van der Waals surface area contributed by atoms with Gasteiger partial charge in [-0.2, -0.15) is 0 Å². The smallest absolute Gasteiger partial charge is 0.261 e. The molecule has 0 bridgehead atoms. The maximum Gasteiger partial charge on any atom is 0.261 e. The summed E-state index contributed by atoms with van der Waals surface area (Å²) in [6.07, 6.45) is 1.35. The molecular weight excluding hydrogens is 204 g/mol. The number of ketones is 1. The largest absolute Gasteiger partial charge is 0.465 e. The molecule has 0 amide bonds. The summed E-state index contributed by atoms with van der Waals surface area (Å²) < 4.78 is 4.83. The zero-order valence-corrected chi connectivity index (χ0v) is 9.09. The van der Waals surface area contributed by atoms with E-state index >= 15 is 0 Å². The van der Waals surface area contributed by atoms with Crippen molar-refractivity contribution in [1.29, 1.82) is 0 Å². The minimum absolute atomic E-state index is 0.415. The van der Waals surface area contributed by atoms with Gasteiger partial charge in [0, 0.05) is 5.56 Å². The molecule has 0 fully saturated rings. The molecule has 0 heterocycles. The maximum atomic E-state index is 11.6. The Bertz CT molecular complexity index is 393. The van der Waals surface area contributed by atoms with Gasteiger partial charge in [0.1, 0.15) is 0 Å². The highest BCUT2D eigenvalue weighted by Crippen LogP contribution is 2.05. The Kier molecular flexibility index (Phi) is 4.48. The molecule has 0 aliphatic rings. The van der Waals surface area contributed by atoms with Gasteiger partial charge in [-0.05, 0) is 13.0 Å². The maximum absolute atomic E-state index is 11.6. The van der Waals surface area contributed by atoms with Gasteiger partial charge < -0.3 is 9.84 Å². The van der Waals surface area contributed by atoms with Crippen molar-refractivity contribution in [3.8, 4) is 0 Å². The molecule has 1 aromatic rings. The fourth-order valence-electron chi connectivity index (χ4n) is 1.04. The van der Waals surface area contributed by atoms with Crippen LogP contribution in [0.4, 0.5) is 0 Å². The number of rotatable bonds is 5. The van der Waals surface area contributed by atoms with Crippen molar-refractivity contribution in [3.05, 3.63) is 60.4 Å². The molecule has 0 aromatic heterocycles. The van der Waals surface area contributed by atoms with Crippen LogP contribution in [0.15, 0.2) is 54.8 Å². The van der Waals surface area contributed by atoms with Crippen LogP contribution in [0, 0.1) is 0 Å². The molecule has 3 nitrogen and oxygen atoms in total. The third-order valence-corrected chi connectivity index (χ3v) is 1.84. The van der Waals surface area contributed by atoms with E-state index in [0.29, 0.717) is 5.56 Å². The molecular formula is C13H14O3. The van der Waals surface area contributed by atoms with Crippen molar-refractivity contribution in [1.82, 2.24) is 0 Å². The monoisotopic (exact) mass is 218 g/mol. The summed E-state index contributed by atoms with van der Waals surface area (Å²) in [5.74, 6) is -0.466. The topological polar surface area (TPSA) is 46.5 Å². The minimum atomic E-state index is -1.47. The SMILES string of the molecule is C=C(C)/C=C/OC(O)C(=O)c1ccccc1. The summed E-state index contributed by atoms with van der Waals surface area (Å²) >= 11 is 0. The van der Waals surface area contributed by atoms with Crippen LogP contribution in [0.3, 0.4) is 0 Å². The Balaban J connectivity index is 2.58. The van der Waals surface area contributed by atoms with Crippen molar-refractivity contribution < 1.29 is 14.6 Å². The third-order valence-electron chi connectivity index (χ3n) is 1.84. The van der Waals surface area contributed by atoms with Crippen LogP contribution in [-0.4, -0.2) is 17.2 Å². The van der Waals surface area contributed by atoms with Gasteiger partial charge in [0.05, 0.1) is 6.26 Å². The van der Waals surface area contributed by atoms with Crippen LogP contribution in [-0.2, 0) is 4.74 Å². The van der Waals surface area contributed by atoms with Gasteiger partial charge in [0.15, 0.2) is 0 Å². The number of aliphatic hydroxyl groups is 1. The molecule has 0 aliphatic heterocycles. The van der Waals surface area contributed by atoms with E-state index in [1.807, 2.05) is 0 Å². The summed E-state index contributed by atoms with van der Waals surface area (Å²) in [7, 11) is 0. The Morgan fingerprint density at radius 3 is 2.62 bits per heavy atom. The van der Waals surface area contributed by atoms with E-state index in [0.717, 1.165) is 5.57 Å². The molecule has 1 unspecified atom stereocenters. The molecule has 1 aromatic carbocycles. The Morgan fingerprint density at radius 1 is 1.44 bits per heavy atom. The van der Waals surface area contributed by atoms with Crippen LogP contribution in [0.1, 0.15) is 17.3 Å². The molecule has 1 rings (SSSR count). The quantitative estimate of drug-likeness (QED) is 0.357. The molecule has 0 spiro atoms. The average molecular weight is 218 g/mol. The highest BCUT2D eigenvalue weighted by Gasteiger charge is 2.16. The molecule has 1 atom stereocenters. The highest BCUT2D eigenvalue weighted by molar-refractivity contribution is 5.98. The number of carbonyl (C=O) groups excluding carboxylic acids is 1. The van der Waals surface area contributed by atoms with Gasteiger partial charge in [0.2, 0.25) is 5.78 Å². The predicted molar refractivity (Wildman–Crippen MR) is 61.8 cm³/mol. The van der Waals surface area contributed by atoms with Crippen LogP contribution in [0.5, 0.6) is 0 Å². The number of Topliss-reactive ketones (excluding diaryl/α,β-unsaturated/α-hetero) is 1. The first kappa shape index (κ1) is 12.2. The fraction of sp³-hybridized carbons (Fsp3) is 0.154. The summed E-state index contributed by atoms with van der Waals surface area (Å²) in [5, 5.41) is 9.43. The second-order valence-corrected chi connectivity index (χ2v) is 3.37. The molecule has 1 N–H and O–H groups in total. The van der Waals surface area contributed by atoms with Crippen LogP contribution >= 0.6 is 0 Å². The fourth-order valence-corrected chi connectivity index (χ4v) is 1.04. The van der Waals surface area contributed by atoms with E-state index in [2.05, 4.69) is 6.58 Å². The lowest BCUT2D eigenvalue weighted by atomic mass is 10.1. The molecule has 84 valence electrons. The number of benzene rings is 1. The normalized spacial score (nSPS) is 12.4.